The number of ether oxygens (including phenoxy) is 1. The molecule has 29 heavy (non-hydrogen) atoms. The average molecular weight is 436 g/mol. The van der Waals surface area contributed by atoms with Crippen LogP contribution >= 0.6 is 23.2 Å². The molecule has 2 N–H and O–H groups in total. The quantitative estimate of drug-likeness (QED) is 0.711. The number of hydrogen-bond donors (Lipinski definition) is 2. The van der Waals surface area contributed by atoms with Crippen LogP contribution in [0.3, 0.4) is 0 Å². The lowest BCUT2D eigenvalue weighted by molar-refractivity contribution is -0.139. The van der Waals surface area contributed by atoms with Gasteiger partial charge in [0.05, 0.1) is 11.6 Å². The Labute approximate surface area is 175 Å². The SMILES string of the molecule is CC(=O)C1=C(O)C(=O)N(c2ccc(OCC(=O)O)cc2)[C@H]1c1ccc(Cl)cc1Cl. The summed E-state index contributed by atoms with van der Waals surface area (Å²) in [5.41, 5.74) is 0.701. The van der Waals surface area contributed by atoms with Crippen LogP contribution in [0.2, 0.25) is 10.0 Å². The van der Waals surface area contributed by atoms with Gasteiger partial charge in [-0.3, -0.25) is 14.5 Å². The fraction of sp³-hybridized carbons (Fsp3) is 0.150. The van der Waals surface area contributed by atoms with Gasteiger partial charge in [0.25, 0.3) is 5.91 Å². The Hall–Kier alpha value is -3.03. The van der Waals surface area contributed by atoms with Gasteiger partial charge in [-0.1, -0.05) is 29.3 Å². The summed E-state index contributed by atoms with van der Waals surface area (Å²) in [7, 11) is 0. The first-order chi connectivity index (χ1) is 13.7. The zero-order chi connectivity index (χ0) is 21.3. The van der Waals surface area contributed by atoms with E-state index >= 15 is 0 Å². The first kappa shape index (κ1) is 20.7. The van der Waals surface area contributed by atoms with E-state index in [0.717, 1.165) is 0 Å². The molecule has 1 atom stereocenters. The fourth-order valence-electron chi connectivity index (χ4n) is 3.10. The van der Waals surface area contributed by atoms with E-state index in [2.05, 4.69) is 0 Å². The van der Waals surface area contributed by atoms with Crippen LogP contribution in [0.15, 0.2) is 53.8 Å². The van der Waals surface area contributed by atoms with E-state index in [-0.39, 0.29) is 16.3 Å². The van der Waals surface area contributed by atoms with Gasteiger partial charge in [0, 0.05) is 15.7 Å². The largest absolute Gasteiger partial charge is 0.503 e. The lowest BCUT2D eigenvalue weighted by atomic mass is 9.96. The van der Waals surface area contributed by atoms with Crippen molar-refractivity contribution in [1.82, 2.24) is 0 Å². The van der Waals surface area contributed by atoms with E-state index < -0.39 is 36.1 Å². The van der Waals surface area contributed by atoms with E-state index in [0.29, 0.717) is 16.3 Å². The molecule has 9 heteroatoms. The van der Waals surface area contributed by atoms with Gasteiger partial charge in [-0.25, -0.2) is 4.79 Å². The first-order valence-electron chi connectivity index (χ1n) is 8.38. The molecule has 0 radical (unpaired) electrons. The molecule has 0 fully saturated rings. The number of amides is 1. The zero-order valence-corrected chi connectivity index (χ0v) is 16.6. The van der Waals surface area contributed by atoms with Crippen molar-refractivity contribution in [2.24, 2.45) is 0 Å². The molecular formula is C20H15Cl2NO6. The van der Waals surface area contributed by atoms with Gasteiger partial charge in [0.2, 0.25) is 0 Å². The van der Waals surface area contributed by atoms with Crippen molar-refractivity contribution < 1.29 is 29.3 Å². The number of hydrogen-bond acceptors (Lipinski definition) is 5. The van der Waals surface area contributed by atoms with Crippen LogP contribution in [0.5, 0.6) is 5.75 Å². The molecule has 7 nitrogen and oxygen atoms in total. The fourth-order valence-corrected chi connectivity index (χ4v) is 3.61. The van der Waals surface area contributed by atoms with Crippen LogP contribution in [-0.4, -0.2) is 34.5 Å². The van der Waals surface area contributed by atoms with Crippen LogP contribution in [0.1, 0.15) is 18.5 Å². The molecule has 0 unspecified atom stereocenters. The second kappa shape index (κ2) is 8.14. The van der Waals surface area contributed by atoms with E-state index in [4.69, 9.17) is 33.0 Å². The number of Topliss-reactive ketones (excluding diaryl/α,β-unsaturated/α-hetero) is 1. The van der Waals surface area contributed by atoms with Crippen LogP contribution in [0, 0.1) is 0 Å². The highest BCUT2D eigenvalue weighted by Gasteiger charge is 2.44. The van der Waals surface area contributed by atoms with Crippen molar-refractivity contribution in [3.8, 4) is 5.75 Å². The van der Waals surface area contributed by atoms with Crippen LogP contribution in [0.4, 0.5) is 5.69 Å². The molecule has 2 aromatic carbocycles. The van der Waals surface area contributed by atoms with Crippen molar-refractivity contribution in [1.29, 1.82) is 0 Å². The lowest BCUT2D eigenvalue weighted by Crippen LogP contribution is -2.31. The number of aliphatic hydroxyl groups is 1. The minimum atomic E-state index is -1.12. The van der Waals surface area contributed by atoms with Crippen molar-refractivity contribution in [3.05, 3.63) is 69.4 Å². The van der Waals surface area contributed by atoms with Crippen LogP contribution in [-0.2, 0) is 14.4 Å². The molecule has 3 rings (SSSR count). The molecule has 2 aromatic rings. The molecule has 0 aromatic heterocycles. The predicted molar refractivity (Wildman–Crippen MR) is 107 cm³/mol. The topological polar surface area (TPSA) is 104 Å². The molecule has 1 amide bonds. The molecule has 0 aliphatic carbocycles. The number of nitrogens with zero attached hydrogens (tertiary/aromatic N) is 1. The highest BCUT2D eigenvalue weighted by molar-refractivity contribution is 6.35. The third-order valence-electron chi connectivity index (χ3n) is 4.32. The number of carbonyl (C=O) groups excluding carboxylic acids is 2. The number of aliphatic carboxylic acids is 1. The summed E-state index contributed by atoms with van der Waals surface area (Å²) in [6.07, 6.45) is 0. The minimum absolute atomic E-state index is 0.0783. The smallest absolute Gasteiger partial charge is 0.341 e. The van der Waals surface area contributed by atoms with Crippen molar-refractivity contribution in [3.63, 3.8) is 0 Å². The summed E-state index contributed by atoms with van der Waals surface area (Å²) in [5, 5.41) is 19.6. The van der Waals surface area contributed by atoms with Gasteiger partial charge in [-0.2, -0.15) is 0 Å². The maximum absolute atomic E-state index is 12.8. The molecule has 1 aliphatic rings. The van der Waals surface area contributed by atoms with E-state index in [1.165, 1.54) is 42.2 Å². The summed E-state index contributed by atoms with van der Waals surface area (Å²) < 4.78 is 5.08. The molecule has 1 heterocycles. The van der Waals surface area contributed by atoms with Gasteiger partial charge in [0.1, 0.15) is 5.75 Å². The van der Waals surface area contributed by atoms with Crippen LogP contribution < -0.4 is 9.64 Å². The normalized spacial score (nSPS) is 16.3. The minimum Gasteiger partial charge on any atom is -0.503 e. The molecular weight excluding hydrogens is 421 g/mol. The number of ketones is 1. The number of anilines is 1. The average Bonchev–Trinajstić information content (AvgIpc) is 2.91. The Morgan fingerprint density at radius 2 is 1.79 bits per heavy atom. The van der Waals surface area contributed by atoms with Crippen molar-refractivity contribution >= 4 is 46.5 Å². The van der Waals surface area contributed by atoms with E-state index in [1.54, 1.807) is 12.1 Å². The Morgan fingerprint density at radius 1 is 1.14 bits per heavy atom. The second-order valence-corrected chi connectivity index (χ2v) is 7.08. The third kappa shape index (κ3) is 4.06. The van der Waals surface area contributed by atoms with E-state index in [9.17, 15) is 19.5 Å². The number of carboxylic acid groups (broad SMARTS) is 1. The molecule has 0 bridgehead atoms. The summed E-state index contributed by atoms with van der Waals surface area (Å²) in [5.74, 6) is -2.73. The predicted octanol–water partition coefficient (Wildman–Crippen LogP) is 3.95. The third-order valence-corrected chi connectivity index (χ3v) is 4.88. The number of halogens is 2. The number of rotatable bonds is 6. The first-order valence-corrected chi connectivity index (χ1v) is 9.13. The lowest BCUT2D eigenvalue weighted by Gasteiger charge is -2.27. The maximum Gasteiger partial charge on any atom is 0.341 e. The van der Waals surface area contributed by atoms with Gasteiger partial charge in [0.15, 0.2) is 18.1 Å². The monoisotopic (exact) mass is 435 g/mol. The highest BCUT2D eigenvalue weighted by Crippen LogP contribution is 2.43. The van der Waals surface area contributed by atoms with Gasteiger partial charge < -0.3 is 14.9 Å². The number of carbonyl (C=O) groups is 3. The van der Waals surface area contributed by atoms with Gasteiger partial charge >= 0.3 is 5.97 Å². The summed E-state index contributed by atoms with van der Waals surface area (Å²) >= 11 is 12.3. The Morgan fingerprint density at radius 3 is 2.34 bits per heavy atom. The summed E-state index contributed by atoms with van der Waals surface area (Å²) in [6.45, 7) is 0.740. The van der Waals surface area contributed by atoms with Gasteiger partial charge in [-0.05, 0) is 48.9 Å². The standard InChI is InChI=1S/C20H15Cl2NO6/c1-10(24)17-18(14-7-2-11(21)8-15(14)22)23(20(28)19(17)27)12-3-5-13(6-4-12)29-9-16(25)26/h2-8,18,27H,9H2,1H3,(H,25,26)/t18-/m0/s1. The molecule has 0 spiro atoms. The van der Waals surface area contributed by atoms with E-state index in [1.807, 2.05) is 0 Å². The Kier molecular flexibility index (Phi) is 5.81. The van der Waals surface area contributed by atoms with Crippen LogP contribution in [0.25, 0.3) is 0 Å². The van der Waals surface area contributed by atoms with Crippen molar-refractivity contribution in [2.45, 2.75) is 13.0 Å². The molecule has 0 saturated carbocycles. The van der Waals surface area contributed by atoms with Gasteiger partial charge in [-0.15, -0.1) is 0 Å². The molecule has 1 aliphatic heterocycles. The molecule has 150 valence electrons. The Bertz CT molecular complexity index is 1030. The molecule has 0 saturated heterocycles. The Balaban J connectivity index is 2.05. The second-order valence-electron chi connectivity index (χ2n) is 6.24. The number of benzene rings is 2. The van der Waals surface area contributed by atoms with Crippen molar-refractivity contribution in [2.75, 3.05) is 11.5 Å². The summed E-state index contributed by atoms with van der Waals surface area (Å²) in [6, 6.07) is 9.68. The summed E-state index contributed by atoms with van der Waals surface area (Å²) in [4.78, 5) is 36.8. The number of aliphatic hydroxyl groups excluding tert-OH is 1. The zero-order valence-electron chi connectivity index (χ0n) is 15.1. The maximum atomic E-state index is 12.8. The number of carboxylic acids is 1. The highest BCUT2D eigenvalue weighted by atomic mass is 35.5.